The molecule has 0 amide bonds. The summed E-state index contributed by atoms with van der Waals surface area (Å²) >= 11 is 5.13. The number of benzene rings is 1. The number of thiazole rings is 1. The molecule has 17 heavy (non-hydrogen) atoms. The van der Waals surface area contributed by atoms with E-state index in [2.05, 4.69) is 50.1 Å². The maximum Gasteiger partial charge on any atom is 0.186 e. The first-order valence-corrected chi connectivity index (χ1v) is 7.43. The summed E-state index contributed by atoms with van der Waals surface area (Å²) in [6.07, 6.45) is 2.24. The van der Waals surface area contributed by atoms with Crippen molar-refractivity contribution in [1.82, 2.24) is 4.98 Å². The minimum atomic E-state index is 0.944. The molecule has 3 rings (SSSR count). The van der Waals surface area contributed by atoms with Crippen LogP contribution in [0.25, 0.3) is 0 Å². The number of hydrogen-bond acceptors (Lipinski definition) is 3. The zero-order chi connectivity index (χ0) is 11.7. The predicted octanol–water partition coefficient (Wildman–Crippen LogP) is 3.51. The van der Waals surface area contributed by atoms with Crippen LogP contribution in [0.4, 0.5) is 5.13 Å². The molecule has 0 N–H and O–H groups in total. The highest BCUT2D eigenvalue weighted by Crippen LogP contribution is 2.26. The van der Waals surface area contributed by atoms with Gasteiger partial charge in [-0.25, -0.2) is 4.98 Å². The quantitative estimate of drug-likeness (QED) is 0.801. The Bertz CT molecular complexity index is 497. The van der Waals surface area contributed by atoms with Gasteiger partial charge in [0.1, 0.15) is 4.60 Å². The fourth-order valence-corrected chi connectivity index (χ4v) is 3.55. The monoisotopic (exact) mass is 308 g/mol. The molecule has 0 fully saturated rings. The molecule has 4 heteroatoms. The average Bonchev–Trinajstić information content (AvgIpc) is 2.66. The van der Waals surface area contributed by atoms with Crippen LogP contribution < -0.4 is 4.90 Å². The highest BCUT2D eigenvalue weighted by molar-refractivity contribution is 9.10. The predicted molar refractivity (Wildman–Crippen MR) is 75.9 cm³/mol. The van der Waals surface area contributed by atoms with Crippen LogP contribution >= 0.6 is 27.3 Å². The van der Waals surface area contributed by atoms with E-state index < -0.39 is 0 Å². The first-order valence-electron chi connectivity index (χ1n) is 5.76. The van der Waals surface area contributed by atoms with E-state index in [-0.39, 0.29) is 0 Å². The lowest BCUT2D eigenvalue weighted by atomic mass is 10.0. The third kappa shape index (κ3) is 2.38. The Labute approximate surface area is 113 Å². The summed E-state index contributed by atoms with van der Waals surface area (Å²) in [7, 11) is 0. The molecule has 88 valence electrons. The van der Waals surface area contributed by atoms with Crippen molar-refractivity contribution in [3.05, 3.63) is 45.4 Å². The number of anilines is 1. The molecule has 2 aromatic rings. The zero-order valence-corrected chi connectivity index (χ0v) is 11.8. The fraction of sp³-hybridized carbons (Fsp3) is 0.308. The molecule has 0 saturated heterocycles. The van der Waals surface area contributed by atoms with Gasteiger partial charge in [-0.3, -0.25) is 0 Å². The molecule has 2 nitrogen and oxygen atoms in total. The van der Waals surface area contributed by atoms with Gasteiger partial charge in [0.25, 0.3) is 0 Å². The Morgan fingerprint density at radius 1 is 1.12 bits per heavy atom. The Hall–Kier alpha value is -0.870. The van der Waals surface area contributed by atoms with E-state index in [9.17, 15) is 0 Å². The number of hydrogen-bond donors (Lipinski definition) is 0. The molecule has 1 aromatic carbocycles. The molecule has 1 aliphatic rings. The van der Waals surface area contributed by atoms with Gasteiger partial charge in [-0.2, -0.15) is 0 Å². The average molecular weight is 309 g/mol. The van der Waals surface area contributed by atoms with Gasteiger partial charge in [-0.1, -0.05) is 24.3 Å². The lowest BCUT2D eigenvalue weighted by Gasteiger charge is -2.18. The van der Waals surface area contributed by atoms with Gasteiger partial charge in [0.05, 0.1) is 0 Å². The maximum absolute atomic E-state index is 4.50. The molecule has 0 bridgehead atoms. The van der Waals surface area contributed by atoms with Crippen molar-refractivity contribution in [3.8, 4) is 0 Å². The summed E-state index contributed by atoms with van der Waals surface area (Å²) in [6.45, 7) is 2.13. The van der Waals surface area contributed by atoms with Gasteiger partial charge in [0.2, 0.25) is 0 Å². The Balaban J connectivity index is 1.81. The largest absolute Gasteiger partial charge is 0.347 e. The Morgan fingerprint density at radius 2 is 1.76 bits per heavy atom. The standard InChI is InChI=1S/C13H13BrN2S/c14-12-9-17-13(15-12)16-7-5-10-3-1-2-4-11(10)6-8-16/h1-4,9H,5-8H2. The molecular formula is C13H13BrN2S. The van der Waals surface area contributed by atoms with E-state index in [0.29, 0.717) is 0 Å². The van der Waals surface area contributed by atoms with Gasteiger partial charge in [-0.15, -0.1) is 11.3 Å². The third-order valence-electron chi connectivity index (χ3n) is 3.16. The van der Waals surface area contributed by atoms with Crippen molar-refractivity contribution in [3.63, 3.8) is 0 Å². The zero-order valence-electron chi connectivity index (χ0n) is 9.40. The van der Waals surface area contributed by atoms with E-state index in [1.807, 2.05) is 5.38 Å². The third-order valence-corrected chi connectivity index (χ3v) is 4.77. The summed E-state index contributed by atoms with van der Waals surface area (Å²) in [4.78, 5) is 6.88. The molecule has 0 atom stereocenters. The lowest BCUT2D eigenvalue weighted by Crippen LogP contribution is -2.25. The molecular weight excluding hydrogens is 296 g/mol. The van der Waals surface area contributed by atoms with Crippen LogP contribution in [0.3, 0.4) is 0 Å². The van der Waals surface area contributed by atoms with Gasteiger partial charge in [-0.05, 0) is 39.9 Å². The van der Waals surface area contributed by atoms with Crippen LogP contribution in [0, 0.1) is 0 Å². The fourth-order valence-electron chi connectivity index (χ4n) is 2.25. The summed E-state index contributed by atoms with van der Waals surface area (Å²) in [5, 5.41) is 3.18. The van der Waals surface area contributed by atoms with Crippen molar-refractivity contribution in [1.29, 1.82) is 0 Å². The highest BCUT2D eigenvalue weighted by atomic mass is 79.9. The van der Waals surface area contributed by atoms with E-state index >= 15 is 0 Å². The second-order valence-corrected chi connectivity index (χ2v) is 5.86. The smallest absolute Gasteiger partial charge is 0.186 e. The van der Waals surface area contributed by atoms with Crippen LogP contribution in [0.5, 0.6) is 0 Å². The van der Waals surface area contributed by atoms with Crippen molar-refractivity contribution in [2.45, 2.75) is 12.8 Å². The van der Waals surface area contributed by atoms with Crippen LogP contribution in [0.2, 0.25) is 0 Å². The SMILES string of the molecule is Brc1csc(N2CCc3ccccc3CC2)n1. The molecule has 1 aromatic heterocycles. The van der Waals surface area contributed by atoms with Crippen molar-refractivity contribution in [2.75, 3.05) is 18.0 Å². The second kappa shape index (κ2) is 4.78. The maximum atomic E-state index is 4.50. The summed E-state index contributed by atoms with van der Waals surface area (Å²) in [5.74, 6) is 0. The minimum absolute atomic E-state index is 0.944. The van der Waals surface area contributed by atoms with Gasteiger partial charge < -0.3 is 4.90 Å². The topological polar surface area (TPSA) is 16.1 Å². The molecule has 1 aliphatic heterocycles. The van der Waals surface area contributed by atoms with Gasteiger partial charge >= 0.3 is 0 Å². The van der Waals surface area contributed by atoms with Crippen LogP contribution in [0.15, 0.2) is 34.2 Å². The number of halogens is 1. The highest BCUT2D eigenvalue weighted by Gasteiger charge is 2.15. The van der Waals surface area contributed by atoms with Gasteiger partial charge in [0, 0.05) is 18.5 Å². The Kier molecular flexibility index (Phi) is 3.16. The van der Waals surface area contributed by atoms with E-state index in [1.165, 1.54) is 11.1 Å². The van der Waals surface area contributed by atoms with Crippen LogP contribution in [0.1, 0.15) is 11.1 Å². The number of nitrogens with zero attached hydrogens (tertiary/aromatic N) is 2. The van der Waals surface area contributed by atoms with E-state index in [4.69, 9.17) is 0 Å². The minimum Gasteiger partial charge on any atom is -0.347 e. The summed E-state index contributed by atoms with van der Waals surface area (Å²) in [6, 6.07) is 8.76. The number of fused-ring (bicyclic) bond motifs is 1. The molecule has 0 saturated carbocycles. The molecule has 0 radical (unpaired) electrons. The van der Waals surface area contributed by atoms with E-state index in [1.54, 1.807) is 11.3 Å². The lowest BCUT2D eigenvalue weighted by molar-refractivity contribution is 0.800. The van der Waals surface area contributed by atoms with Crippen molar-refractivity contribution in [2.24, 2.45) is 0 Å². The molecule has 2 heterocycles. The van der Waals surface area contributed by atoms with Crippen molar-refractivity contribution < 1.29 is 0 Å². The number of aromatic nitrogens is 1. The van der Waals surface area contributed by atoms with Crippen LogP contribution in [-0.4, -0.2) is 18.1 Å². The van der Waals surface area contributed by atoms with Crippen molar-refractivity contribution >= 4 is 32.4 Å². The Morgan fingerprint density at radius 3 is 2.29 bits per heavy atom. The molecule has 0 aliphatic carbocycles. The van der Waals surface area contributed by atoms with Gasteiger partial charge in [0.15, 0.2) is 5.13 Å². The molecule has 0 unspecified atom stereocenters. The normalized spacial score (nSPS) is 15.5. The van der Waals surface area contributed by atoms with Crippen LogP contribution in [-0.2, 0) is 12.8 Å². The first kappa shape index (κ1) is 11.2. The second-order valence-electron chi connectivity index (χ2n) is 4.21. The van der Waals surface area contributed by atoms with E-state index in [0.717, 1.165) is 35.7 Å². The first-order chi connectivity index (χ1) is 8.33. The number of rotatable bonds is 1. The summed E-state index contributed by atoms with van der Waals surface area (Å²) < 4.78 is 0.944. The summed E-state index contributed by atoms with van der Waals surface area (Å²) in [5.41, 5.74) is 2.98. The molecule has 0 spiro atoms.